The zero-order valence-electron chi connectivity index (χ0n) is 20.0. The summed E-state index contributed by atoms with van der Waals surface area (Å²) >= 11 is 0. The molecule has 2 aromatic rings. The van der Waals surface area contributed by atoms with Crippen LogP contribution < -0.4 is 4.74 Å². The van der Waals surface area contributed by atoms with Crippen LogP contribution in [0.25, 0.3) is 0 Å². The average molecular weight is 467 g/mol. The van der Waals surface area contributed by atoms with Crippen molar-refractivity contribution in [1.82, 2.24) is 9.80 Å². The molecule has 0 unspecified atom stereocenters. The Bertz CT molecular complexity index is 945. The predicted molar refractivity (Wildman–Crippen MR) is 130 cm³/mol. The number of benzene rings is 2. The van der Waals surface area contributed by atoms with Gasteiger partial charge < -0.3 is 14.5 Å². The summed E-state index contributed by atoms with van der Waals surface area (Å²) in [7, 11) is 0. The third-order valence-electron chi connectivity index (χ3n) is 7.22. The van der Waals surface area contributed by atoms with Gasteiger partial charge in [-0.05, 0) is 93.3 Å². The van der Waals surface area contributed by atoms with Gasteiger partial charge in [-0.3, -0.25) is 9.59 Å². The normalized spacial score (nSPS) is 17.6. The maximum Gasteiger partial charge on any atom is 0.253 e. The van der Waals surface area contributed by atoms with E-state index < -0.39 is 0 Å². The van der Waals surface area contributed by atoms with Gasteiger partial charge in [-0.15, -0.1) is 0 Å². The number of carbonyl (C=O) groups excluding carboxylic acids is 2. The summed E-state index contributed by atoms with van der Waals surface area (Å²) < 4.78 is 18.6. The molecule has 6 heteroatoms. The number of ether oxygens (including phenoxy) is 1. The predicted octanol–water partition coefficient (Wildman–Crippen LogP) is 4.95. The molecule has 2 amide bonds. The molecule has 34 heavy (non-hydrogen) atoms. The SMILES string of the molecule is CCOc1ccc(CCC2CCN(C(=O)C3CCN(C(=O)c4ccc(F)cc4)CC3)CC2)cc1. The quantitative estimate of drug-likeness (QED) is 0.580. The highest BCUT2D eigenvalue weighted by Gasteiger charge is 2.32. The molecule has 0 spiro atoms. The van der Waals surface area contributed by atoms with Gasteiger partial charge in [0.2, 0.25) is 5.91 Å². The summed E-state index contributed by atoms with van der Waals surface area (Å²) in [6.07, 6.45) is 5.73. The standard InChI is InChI=1S/C28H35FN2O3/c1-2-34-26-11-5-21(6-12-26)3-4-22-13-17-30(18-14-22)28(33)24-15-19-31(20-16-24)27(32)23-7-9-25(29)10-8-23/h5-12,22,24H,2-4,13-20H2,1H3. The lowest BCUT2D eigenvalue weighted by Gasteiger charge is -2.37. The van der Waals surface area contributed by atoms with Gasteiger partial charge in [0.05, 0.1) is 6.61 Å². The Morgan fingerprint density at radius 1 is 0.882 bits per heavy atom. The third kappa shape index (κ3) is 6.16. The van der Waals surface area contributed by atoms with Crippen molar-refractivity contribution in [2.24, 2.45) is 11.8 Å². The molecule has 2 aliphatic rings. The van der Waals surface area contributed by atoms with Crippen LogP contribution in [0.3, 0.4) is 0 Å². The smallest absolute Gasteiger partial charge is 0.253 e. The molecule has 0 saturated carbocycles. The van der Waals surface area contributed by atoms with Gasteiger partial charge in [-0.25, -0.2) is 4.39 Å². The zero-order valence-corrected chi connectivity index (χ0v) is 20.0. The molecule has 4 rings (SSSR count). The Hall–Kier alpha value is -2.89. The highest BCUT2D eigenvalue weighted by molar-refractivity contribution is 5.94. The van der Waals surface area contributed by atoms with E-state index in [4.69, 9.17) is 4.74 Å². The number of nitrogens with zero attached hydrogens (tertiary/aromatic N) is 2. The number of halogens is 1. The lowest BCUT2D eigenvalue weighted by Crippen LogP contribution is -2.46. The first-order valence-corrected chi connectivity index (χ1v) is 12.6. The van der Waals surface area contributed by atoms with E-state index in [-0.39, 0.29) is 23.5 Å². The molecule has 2 fully saturated rings. The highest BCUT2D eigenvalue weighted by atomic mass is 19.1. The van der Waals surface area contributed by atoms with Crippen molar-refractivity contribution in [3.63, 3.8) is 0 Å². The van der Waals surface area contributed by atoms with Gasteiger partial charge in [0.1, 0.15) is 11.6 Å². The number of aryl methyl sites for hydroxylation is 1. The Balaban J connectivity index is 1.18. The van der Waals surface area contributed by atoms with E-state index in [1.54, 1.807) is 4.90 Å². The largest absolute Gasteiger partial charge is 0.494 e. The van der Waals surface area contributed by atoms with E-state index >= 15 is 0 Å². The zero-order chi connectivity index (χ0) is 23.9. The Kier molecular flexibility index (Phi) is 8.20. The molecule has 2 saturated heterocycles. The summed E-state index contributed by atoms with van der Waals surface area (Å²) in [5.74, 6) is 1.39. The van der Waals surface area contributed by atoms with Crippen molar-refractivity contribution in [1.29, 1.82) is 0 Å². The first kappa shape index (κ1) is 24.2. The third-order valence-corrected chi connectivity index (χ3v) is 7.22. The average Bonchev–Trinajstić information content (AvgIpc) is 2.88. The summed E-state index contributed by atoms with van der Waals surface area (Å²) in [6, 6.07) is 14.0. The van der Waals surface area contributed by atoms with E-state index in [1.807, 2.05) is 24.0 Å². The van der Waals surface area contributed by atoms with Crippen LogP contribution >= 0.6 is 0 Å². The van der Waals surface area contributed by atoms with Gasteiger partial charge in [-0.1, -0.05) is 12.1 Å². The molecule has 2 aliphatic heterocycles. The number of likely N-dealkylation sites (tertiary alicyclic amines) is 2. The van der Waals surface area contributed by atoms with E-state index in [2.05, 4.69) is 12.1 Å². The van der Waals surface area contributed by atoms with Gasteiger partial charge in [-0.2, -0.15) is 0 Å². The van der Waals surface area contributed by atoms with Gasteiger partial charge in [0.15, 0.2) is 0 Å². The number of amides is 2. The topological polar surface area (TPSA) is 49.9 Å². The number of carbonyl (C=O) groups is 2. The molecule has 0 aromatic heterocycles. The van der Waals surface area contributed by atoms with Crippen LogP contribution in [-0.4, -0.2) is 54.4 Å². The number of hydrogen-bond donors (Lipinski definition) is 0. The fraction of sp³-hybridized carbons (Fsp3) is 0.500. The maximum atomic E-state index is 13.1. The van der Waals surface area contributed by atoms with Crippen LogP contribution in [0.1, 0.15) is 54.9 Å². The van der Waals surface area contributed by atoms with E-state index in [0.717, 1.165) is 44.5 Å². The second-order valence-electron chi connectivity index (χ2n) is 9.46. The van der Waals surface area contributed by atoms with Crippen molar-refractivity contribution in [2.45, 2.75) is 45.4 Å². The molecule has 2 heterocycles. The van der Waals surface area contributed by atoms with Crippen LogP contribution in [0, 0.1) is 17.7 Å². The van der Waals surface area contributed by atoms with E-state index in [1.165, 1.54) is 29.8 Å². The second kappa shape index (κ2) is 11.5. The van der Waals surface area contributed by atoms with Crippen LogP contribution in [0.2, 0.25) is 0 Å². The minimum Gasteiger partial charge on any atom is -0.494 e. The van der Waals surface area contributed by atoms with Crippen LogP contribution in [0.4, 0.5) is 4.39 Å². The number of hydrogen-bond acceptors (Lipinski definition) is 3. The van der Waals surface area contributed by atoms with Crippen molar-refractivity contribution < 1.29 is 18.7 Å². The molecule has 5 nitrogen and oxygen atoms in total. The van der Waals surface area contributed by atoms with Crippen molar-refractivity contribution in [3.8, 4) is 5.75 Å². The summed E-state index contributed by atoms with van der Waals surface area (Å²) in [4.78, 5) is 29.5. The van der Waals surface area contributed by atoms with Gasteiger partial charge >= 0.3 is 0 Å². The van der Waals surface area contributed by atoms with Crippen molar-refractivity contribution in [3.05, 3.63) is 65.5 Å². The molecule has 0 bridgehead atoms. The van der Waals surface area contributed by atoms with Crippen LogP contribution in [0.15, 0.2) is 48.5 Å². The summed E-state index contributed by atoms with van der Waals surface area (Å²) in [6.45, 7) is 5.49. The fourth-order valence-electron chi connectivity index (χ4n) is 5.09. The monoisotopic (exact) mass is 466 g/mol. The van der Waals surface area contributed by atoms with E-state index in [9.17, 15) is 14.0 Å². The first-order valence-electron chi connectivity index (χ1n) is 12.6. The molecular formula is C28H35FN2O3. The Morgan fingerprint density at radius 2 is 1.50 bits per heavy atom. The second-order valence-corrected chi connectivity index (χ2v) is 9.46. The Labute approximate surface area is 201 Å². The highest BCUT2D eigenvalue weighted by Crippen LogP contribution is 2.27. The molecule has 0 aliphatic carbocycles. The molecule has 0 atom stereocenters. The number of piperidine rings is 2. The lowest BCUT2D eigenvalue weighted by molar-refractivity contribution is -0.138. The Morgan fingerprint density at radius 3 is 2.12 bits per heavy atom. The maximum absolute atomic E-state index is 13.1. The van der Waals surface area contributed by atoms with E-state index in [0.29, 0.717) is 44.0 Å². The van der Waals surface area contributed by atoms with Crippen LogP contribution in [0.5, 0.6) is 5.75 Å². The van der Waals surface area contributed by atoms with Gasteiger partial charge in [0, 0.05) is 37.7 Å². The van der Waals surface area contributed by atoms with Gasteiger partial charge in [0.25, 0.3) is 5.91 Å². The minimum absolute atomic E-state index is 0.00216. The fourth-order valence-corrected chi connectivity index (χ4v) is 5.09. The molecule has 0 radical (unpaired) electrons. The molecule has 182 valence electrons. The molecular weight excluding hydrogens is 431 g/mol. The molecule has 0 N–H and O–H groups in total. The molecule has 2 aromatic carbocycles. The first-order chi connectivity index (χ1) is 16.5. The minimum atomic E-state index is -0.346. The van der Waals surface area contributed by atoms with Crippen molar-refractivity contribution in [2.75, 3.05) is 32.8 Å². The summed E-state index contributed by atoms with van der Waals surface area (Å²) in [5.41, 5.74) is 1.84. The number of rotatable bonds is 7. The van der Waals surface area contributed by atoms with Crippen molar-refractivity contribution >= 4 is 11.8 Å². The lowest BCUT2D eigenvalue weighted by atomic mass is 9.89. The van der Waals surface area contributed by atoms with Crippen LogP contribution in [-0.2, 0) is 11.2 Å². The summed E-state index contributed by atoms with van der Waals surface area (Å²) in [5, 5.41) is 0.